The van der Waals surface area contributed by atoms with Crippen LogP contribution < -0.4 is 14.8 Å². The average molecular weight is 339 g/mol. The van der Waals surface area contributed by atoms with E-state index in [2.05, 4.69) is 10.0 Å². The Balaban J connectivity index is 1.68. The van der Waals surface area contributed by atoms with Crippen LogP contribution in [0.1, 0.15) is 12.8 Å². The first-order chi connectivity index (χ1) is 10.9. The van der Waals surface area contributed by atoms with Gasteiger partial charge in [-0.3, -0.25) is 0 Å². The number of likely N-dealkylation sites (tertiary alicyclic amines) is 1. The molecular weight excluding hydrogens is 318 g/mol. The fraction of sp³-hybridized carbons (Fsp3) is 0.533. The summed E-state index contributed by atoms with van der Waals surface area (Å²) in [7, 11) is -1.70. The van der Waals surface area contributed by atoms with Gasteiger partial charge in [0.1, 0.15) is 5.75 Å². The van der Waals surface area contributed by atoms with E-state index in [1.54, 1.807) is 36.3 Å². The molecule has 3 unspecified atom stereocenters. The van der Waals surface area contributed by atoms with Crippen molar-refractivity contribution in [3.8, 4) is 5.75 Å². The van der Waals surface area contributed by atoms with E-state index in [0.29, 0.717) is 23.9 Å². The maximum Gasteiger partial charge on any atom is 0.322 e. The zero-order valence-electron chi connectivity index (χ0n) is 13.2. The number of carbonyl (C=O) groups excluding carboxylic acids is 1. The van der Waals surface area contributed by atoms with Crippen LogP contribution in [0, 0.1) is 5.92 Å². The zero-order chi connectivity index (χ0) is 16.6. The summed E-state index contributed by atoms with van der Waals surface area (Å²) in [6, 6.07) is 6.67. The van der Waals surface area contributed by atoms with Gasteiger partial charge in [-0.15, -0.1) is 0 Å². The second-order valence-electron chi connectivity index (χ2n) is 6.22. The lowest BCUT2D eigenvalue weighted by atomic mass is 10.1. The van der Waals surface area contributed by atoms with E-state index in [1.807, 2.05) is 0 Å². The van der Waals surface area contributed by atoms with Crippen LogP contribution in [0.2, 0.25) is 0 Å². The maximum atomic E-state index is 12.5. The van der Waals surface area contributed by atoms with E-state index in [-0.39, 0.29) is 18.1 Å². The number of anilines is 1. The minimum Gasteiger partial charge on any atom is -0.497 e. The van der Waals surface area contributed by atoms with Gasteiger partial charge < -0.3 is 15.0 Å². The van der Waals surface area contributed by atoms with Gasteiger partial charge in [-0.05, 0) is 30.9 Å². The summed E-state index contributed by atoms with van der Waals surface area (Å²) in [6.45, 7) is 0.669. The van der Waals surface area contributed by atoms with Crippen molar-refractivity contribution in [3.63, 3.8) is 0 Å². The number of hydrogen-bond acceptors (Lipinski definition) is 4. The van der Waals surface area contributed by atoms with E-state index in [9.17, 15) is 13.2 Å². The molecule has 1 saturated carbocycles. The second-order valence-corrected chi connectivity index (χ2v) is 8.00. The Bertz CT molecular complexity index is 706. The minimum atomic E-state index is -3.27. The predicted octanol–water partition coefficient (Wildman–Crippen LogP) is 1.24. The summed E-state index contributed by atoms with van der Waals surface area (Å²) in [5.41, 5.74) is 0.657. The number of methoxy groups -OCH3 is 1. The van der Waals surface area contributed by atoms with Crippen LogP contribution >= 0.6 is 0 Å². The number of rotatable bonds is 4. The van der Waals surface area contributed by atoms with E-state index < -0.39 is 10.0 Å². The van der Waals surface area contributed by atoms with E-state index >= 15 is 0 Å². The van der Waals surface area contributed by atoms with Crippen molar-refractivity contribution in [1.29, 1.82) is 0 Å². The Morgan fingerprint density at radius 3 is 2.78 bits per heavy atom. The number of piperidine rings is 1. The molecule has 0 radical (unpaired) electrons. The van der Waals surface area contributed by atoms with Crippen molar-refractivity contribution in [3.05, 3.63) is 24.3 Å². The monoisotopic (exact) mass is 339 g/mol. The third kappa shape index (κ3) is 3.59. The number of carbonyl (C=O) groups is 1. The number of hydrogen-bond donors (Lipinski definition) is 2. The molecule has 23 heavy (non-hydrogen) atoms. The number of benzene rings is 1. The number of urea groups is 1. The molecule has 1 aliphatic carbocycles. The van der Waals surface area contributed by atoms with E-state index in [4.69, 9.17) is 4.74 Å². The van der Waals surface area contributed by atoms with Gasteiger partial charge in [0.15, 0.2) is 0 Å². The molecule has 8 heteroatoms. The van der Waals surface area contributed by atoms with Gasteiger partial charge >= 0.3 is 6.03 Å². The van der Waals surface area contributed by atoms with Gasteiger partial charge in [0.05, 0.1) is 19.4 Å². The lowest BCUT2D eigenvalue weighted by molar-refractivity contribution is 0.183. The molecule has 2 amide bonds. The number of nitrogens with zero attached hydrogens (tertiary/aromatic N) is 1. The molecule has 2 N–H and O–H groups in total. The molecule has 2 fully saturated rings. The lowest BCUT2D eigenvalue weighted by Crippen LogP contribution is -2.52. The number of nitrogens with one attached hydrogen (secondary N) is 2. The summed E-state index contributed by atoms with van der Waals surface area (Å²) in [5, 5.41) is 2.86. The number of sulfonamides is 1. The first-order valence-electron chi connectivity index (χ1n) is 7.54. The number of ether oxygens (including phenoxy) is 1. The molecule has 7 nitrogen and oxygen atoms in total. The van der Waals surface area contributed by atoms with Gasteiger partial charge in [0, 0.05) is 24.3 Å². The average Bonchev–Trinajstić information content (AvgIpc) is 3.05. The Morgan fingerprint density at radius 1 is 1.35 bits per heavy atom. The van der Waals surface area contributed by atoms with Gasteiger partial charge in [0.2, 0.25) is 10.0 Å². The molecule has 126 valence electrons. The van der Waals surface area contributed by atoms with Crippen molar-refractivity contribution in [2.75, 3.05) is 25.2 Å². The smallest absolute Gasteiger partial charge is 0.322 e. The van der Waals surface area contributed by atoms with Crippen LogP contribution in [0.15, 0.2) is 24.3 Å². The Labute approximate surface area is 136 Å². The first-order valence-corrected chi connectivity index (χ1v) is 9.44. The Hall–Kier alpha value is -1.80. The van der Waals surface area contributed by atoms with Crippen LogP contribution in [0.4, 0.5) is 10.5 Å². The molecule has 1 heterocycles. The van der Waals surface area contributed by atoms with Crippen LogP contribution in [0.3, 0.4) is 0 Å². The molecule has 1 saturated heterocycles. The highest BCUT2D eigenvalue weighted by Crippen LogP contribution is 2.38. The molecular formula is C15H21N3O4S. The summed E-state index contributed by atoms with van der Waals surface area (Å²) in [4.78, 5) is 14.2. The van der Waals surface area contributed by atoms with Crippen molar-refractivity contribution in [2.45, 2.75) is 24.9 Å². The molecule has 1 aliphatic heterocycles. The molecule has 1 aromatic carbocycles. The Morgan fingerprint density at radius 2 is 2.13 bits per heavy atom. The highest BCUT2D eigenvalue weighted by Gasteiger charge is 2.47. The highest BCUT2D eigenvalue weighted by molar-refractivity contribution is 7.88. The fourth-order valence-electron chi connectivity index (χ4n) is 3.56. The molecule has 3 atom stereocenters. The summed E-state index contributed by atoms with van der Waals surface area (Å²) in [5.74, 6) is 1.03. The van der Waals surface area contributed by atoms with Gasteiger partial charge in [-0.2, -0.15) is 0 Å². The first kappa shape index (κ1) is 16.1. The summed E-state index contributed by atoms with van der Waals surface area (Å²) >= 11 is 0. The summed E-state index contributed by atoms with van der Waals surface area (Å²) in [6.07, 6.45) is 2.79. The highest BCUT2D eigenvalue weighted by atomic mass is 32.2. The van der Waals surface area contributed by atoms with E-state index in [1.165, 1.54) is 0 Å². The van der Waals surface area contributed by atoms with Crippen molar-refractivity contribution >= 4 is 21.7 Å². The van der Waals surface area contributed by atoms with Crippen molar-refractivity contribution in [2.24, 2.45) is 5.92 Å². The standard InChI is InChI=1S/C15H21N3O4S/c1-22-12-5-3-4-11(8-12)16-15(19)18-9-10-6-13(14(18)7-10)17-23(2,20)21/h3-5,8,10,13-14,17H,6-7,9H2,1-2H3,(H,16,19). The zero-order valence-corrected chi connectivity index (χ0v) is 14.0. The summed E-state index contributed by atoms with van der Waals surface area (Å²) < 4.78 is 30.7. The van der Waals surface area contributed by atoms with Gasteiger partial charge in [-0.25, -0.2) is 17.9 Å². The number of amides is 2. The molecule has 1 aromatic rings. The van der Waals surface area contributed by atoms with Crippen LogP contribution in [-0.4, -0.2) is 51.3 Å². The third-order valence-corrected chi connectivity index (χ3v) is 5.16. The quantitative estimate of drug-likeness (QED) is 0.864. The van der Waals surface area contributed by atoms with Crippen LogP contribution in [-0.2, 0) is 10.0 Å². The number of fused-ring (bicyclic) bond motifs is 2. The molecule has 3 rings (SSSR count). The molecule has 0 aromatic heterocycles. The third-order valence-electron chi connectivity index (χ3n) is 4.43. The van der Waals surface area contributed by atoms with Gasteiger partial charge in [0.25, 0.3) is 0 Å². The topological polar surface area (TPSA) is 87.7 Å². The molecule has 2 aliphatic rings. The van der Waals surface area contributed by atoms with Gasteiger partial charge in [-0.1, -0.05) is 6.07 Å². The molecule has 2 bridgehead atoms. The lowest BCUT2D eigenvalue weighted by Gasteiger charge is -2.33. The maximum absolute atomic E-state index is 12.5. The van der Waals surface area contributed by atoms with Crippen LogP contribution in [0.5, 0.6) is 5.75 Å². The van der Waals surface area contributed by atoms with E-state index in [0.717, 1.165) is 19.1 Å². The minimum absolute atomic E-state index is 0.0830. The normalized spacial score (nSPS) is 26.3. The van der Waals surface area contributed by atoms with Crippen molar-refractivity contribution in [1.82, 2.24) is 9.62 Å². The second kappa shape index (κ2) is 6.01. The Kier molecular flexibility index (Phi) is 4.20. The largest absolute Gasteiger partial charge is 0.497 e. The molecule has 0 spiro atoms. The van der Waals surface area contributed by atoms with Crippen molar-refractivity contribution < 1.29 is 17.9 Å². The van der Waals surface area contributed by atoms with Crippen LogP contribution in [0.25, 0.3) is 0 Å². The fourth-order valence-corrected chi connectivity index (χ4v) is 4.36. The SMILES string of the molecule is COc1cccc(NC(=O)N2CC3CC(NS(C)(=O)=O)C2C3)c1. The predicted molar refractivity (Wildman–Crippen MR) is 87.0 cm³/mol.